The maximum Gasteiger partial charge on any atom is 0.243 e. The number of benzene rings is 3. The van der Waals surface area contributed by atoms with Gasteiger partial charge in [0.1, 0.15) is 5.75 Å². The molecule has 4 rings (SSSR count). The Morgan fingerprint density at radius 3 is 2.16 bits per heavy atom. The minimum absolute atomic E-state index is 0.170. The molecule has 1 amide bonds. The van der Waals surface area contributed by atoms with Crippen molar-refractivity contribution in [1.29, 1.82) is 0 Å². The fourth-order valence-corrected chi connectivity index (χ4v) is 6.63. The summed E-state index contributed by atoms with van der Waals surface area (Å²) in [6.45, 7) is 3.33. The van der Waals surface area contributed by atoms with Crippen molar-refractivity contribution in [3.8, 4) is 5.75 Å². The van der Waals surface area contributed by atoms with Crippen LogP contribution in [0.3, 0.4) is 0 Å². The molecule has 0 aromatic heterocycles. The number of aryl methyl sites for hydroxylation is 1. The summed E-state index contributed by atoms with van der Waals surface area (Å²) in [6.07, 6.45) is 4.43. The van der Waals surface area contributed by atoms with Crippen molar-refractivity contribution in [1.82, 2.24) is 9.21 Å². The van der Waals surface area contributed by atoms with Gasteiger partial charge in [-0.15, -0.1) is 0 Å². The van der Waals surface area contributed by atoms with E-state index in [9.17, 15) is 13.2 Å². The highest BCUT2D eigenvalue weighted by Gasteiger charge is 2.31. The predicted octanol–water partition coefficient (Wildman–Crippen LogP) is 5.41. The van der Waals surface area contributed by atoms with E-state index < -0.39 is 10.0 Å². The van der Waals surface area contributed by atoms with Crippen LogP contribution in [0.1, 0.15) is 42.4 Å². The maximum atomic E-state index is 13.7. The van der Waals surface area contributed by atoms with E-state index in [2.05, 4.69) is 31.2 Å². The van der Waals surface area contributed by atoms with Crippen molar-refractivity contribution >= 4 is 16.4 Å². The first-order chi connectivity index (χ1) is 17.9. The molecule has 0 aliphatic heterocycles. The number of rotatable bonds is 11. The van der Waals surface area contributed by atoms with E-state index in [0.29, 0.717) is 23.7 Å². The fourth-order valence-electron chi connectivity index (χ4n) is 5.12. The molecule has 1 saturated carbocycles. The molecular weight excluding hydrogens is 484 g/mol. The van der Waals surface area contributed by atoms with E-state index in [1.165, 1.54) is 5.56 Å². The molecule has 0 heterocycles. The lowest BCUT2D eigenvalue weighted by molar-refractivity contribution is -0.121. The maximum absolute atomic E-state index is 13.7. The molecule has 0 spiro atoms. The number of carbonyl (C=O) groups is 1. The molecule has 6 nitrogen and oxygen atoms in total. The molecule has 37 heavy (non-hydrogen) atoms. The number of hydrogen-bond donors (Lipinski definition) is 0. The predicted molar refractivity (Wildman–Crippen MR) is 146 cm³/mol. The van der Waals surface area contributed by atoms with Gasteiger partial charge in [0.25, 0.3) is 0 Å². The Balaban J connectivity index is 1.46. The smallest absolute Gasteiger partial charge is 0.243 e. The first kappa shape index (κ1) is 26.9. The van der Waals surface area contributed by atoms with E-state index in [1.807, 2.05) is 35.2 Å². The molecule has 0 radical (unpaired) electrons. The van der Waals surface area contributed by atoms with Crippen molar-refractivity contribution in [2.75, 3.05) is 13.7 Å². The molecule has 0 N–H and O–H groups in total. The van der Waals surface area contributed by atoms with Crippen molar-refractivity contribution in [2.24, 2.45) is 5.92 Å². The zero-order valence-electron chi connectivity index (χ0n) is 21.6. The van der Waals surface area contributed by atoms with Crippen LogP contribution in [-0.4, -0.2) is 43.7 Å². The largest absolute Gasteiger partial charge is 0.496 e. The third-order valence-electron chi connectivity index (χ3n) is 7.29. The molecule has 0 atom stereocenters. The molecule has 3 aromatic rings. The summed E-state index contributed by atoms with van der Waals surface area (Å²) in [5.41, 5.74) is 3.16. The van der Waals surface area contributed by atoms with Crippen LogP contribution < -0.4 is 4.74 Å². The molecule has 0 bridgehead atoms. The zero-order chi connectivity index (χ0) is 26.3. The number of hydrogen-bond acceptors (Lipinski definition) is 4. The van der Waals surface area contributed by atoms with Crippen LogP contribution in [-0.2, 0) is 27.9 Å². The number of ether oxygens (including phenoxy) is 1. The summed E-state index contributed by atoms with van der Waals surface area (Å²) in [5.74, 6) is 0.898. The Bertz CT molecular complexity index is 1250. The van der Waals surface area contributed by atoms with Crippen molar-refractivity contribution < 1.29 is 17.9 Å². The van der Waals surface area contributed by atoms with Crippen LogP contribution in [0.2, 0.25) is 0 Å². The first-order valence-electron chi connectivity index (χ1n) is 12.8. The molecule has 1 aliphatic carbocycles. The van der Waals surface area contributed by atoms with Crippen LogP contribution in [0.5, 0.6) is 5.75 Å². The monoisotopic (exact) mass is 520 g/mol. The number of para-hydroxylation sites is 1. The van der Waals surface area contributed by atoms with Crippen LogP contribution in [0.4, 0.5) is 0 Å². The van der Waals surface area contributed by atoms with Gasteiger partial charge in [-0.1, -0.05) is 66.2 Å². The molecule has 3 aromatic carbocycles. The van der Waals surface area contributed by atoms with Gasteiger partial charge < -0.3 is 9.64 Å². The Labute approximate surface area is 220 Å². The number of sulfonamides is 1. The second-order valence-corrected chi connectivity index (χ2v) is 11.8. The molecule has 196 valence electrons. The Morgan fingerprint density at radius 2 is 1.51 bits per heavy atom. The second-order valence-electron chi connectivity index (χ2n) is 9.86. The van der Waals surface area contributed by atoms with Gasteiger partial charge in [0.2, 0.25) is 16.4 Å². The first-order valence-corrected chi connectivity index (χ1v) is 14.3. The minimum Gasteiger partial charge on any atom is -0.496 e. The van der Waals surface area contributed by atoms with Crippen LogP contribution >= 0.6 is 0 Å². The number of nitrogens with zero attached hydrogens (tertiary/aromatic N) is 2. The average molecular weight is 521 g/mol. The van der Waals surface area contributed by atoms with E-state index in [4.69, 9.17) is 4.74 Å². The minimum atomic E-state index is -3.69. The summed E-state index contributed by atoms with van der Waals surface area (Å²) in [4.78, 5) is 14.1. The zero-order valence-corrected chi connectivity index (χ0v) is 22.4. The van der Waals surface area contributed by atoms with Crippen LogP contribution in [0.15, 0.2) is 83.8 Å². The molecule has 0 unspecified atom stereocenters. The van der Waals surface area contributed by atoms with Gasteiger partial charge in [-0.3, -0.25) is 4.79 Å². The third kappa shape index (κ3) is 6.79. The Hall–Kier alpha value is -3.16. The van der Waals surface area contributed by atoms with Crippen molar-refractivity contribution in [3.63, 3.8) is 0 Å². The topological polar surface area (TPSA) is 66.9 Å². The number of methoxy groups -OCH3 is 1. The van der Waals surface area contributed by atoms with Crippen LogP contribution in [0.25, 0.3) is 0 Å². The third-order valence-corrected chi connectivity index (χ3v) is 9.11. The second kappa shape index (κ2) is 12.4. The molecule has 0 saturated heterocycles. The van der Waals surface area contributed by atoms with Gasteiger partial charge >= 0.3 is 0 Å². The Kier molecular flexibility index (Phi) is 9.00. The van der Waals surface area contributed by atoms with E-state index >= 15 is 0 Å². The standard InChI is InChI=1S/C30H36N2O4S/c1-24-12-14-25(15-13-24)20-31(23-33)28-18-16-26(17-19-28)21-32(22-27-8-6-7-11-30(27)36-2)37(34,35)29-9-4-3-5-10-29/h3-15,23,26,28H,16-22H2,1-2H3. The van der Waals surface area contributed by atoms with Crippen molar-refractivity contribution in [2.45, 2.75) is 56.6 Å². The summed E-state index contributed by atoms with van der Waals surface area (Å²) < 4.78 is 34.5. The molecular formula is C30H36N2O4S. The summed E-state index contributed by atoms with van der Waals surface area (Å²) in [7, 11) is -2.09. The van der Waals surface area contributed by atoms with Crippen molar-refractivity contribution in [3.05, 3.63) is 95.6 Å². The summed E-state index contributed by atoms with van der Waals surface area (Å²) in [5, 5.41) is 0. The van der Waals surface area contributed by atoms with Gasteiger partial charge in [0, 0.05) is 31.2 Å². The SMILES string of the molecule is COc1ccccc1CN(CC1CCC(N(C=O)Cc2ccc(C)cc2)CC1)S(=O)(=O)c1ccccc1. The highest BCUT2D eigenvalue weighted by molar-refractivity contribution is 7.89. The number of carbonyl (C=O) groups excluding carboxylic acids is 1. The summed E-state index contributed by atoms with van der Waals surface area (Å²) >= 11 is 0. The Morgan fingerprint density at radius 1 is 0.865 bits per heavy atom. The molecule has 1 fully saturated rings. The van der Waals surface area contributed by atoms with E-state index in [0.717, 1.165) is 43.2 Å². The highest BCUT2D eigenvalue weighted by atomic mass is 32.2. The van der Waals surface area contributed by atoms with Gasteiger partial charge in [-0.05, 0) is 62.3 Å². The van der Waals surface area contributed by atoms with E-state index in [1.54, 1.807) is 35.7 Å². The van der Waals surface area contributed by atoms with Gasteiger partial charge in [0.05, 0.1) is 12.0 Å². The average Bonchev–Trinajstić information content (AvgIpc) is 2.93. The van der Waals surface area contributed by atoms with Gasteiger partial charge in [-0.25, -0.2) is 8.42 Å². The molecule has 7 heteroatoms. The van der Waals surface area contributed by atoms with Gasteiger partial charge in [-0.2, -0.15) is 4.31 Å². The fraction of sp³-hybridized carbons (Fsp3) is 0.367. The number of amides is 1. The summed E-state index contributed by atoms with van der Waals surface area (Å²) in [6, 6.07) is 24.6. The normalized spacial score (nSPS) is 17.9. The molecule has 1 aliphatic rings. The lowest BCUT2D eigenvalue weighted by Gasteiger charge is -2.36. The lowest BCUT2D eigenvalue weighted by Crippen LogP contribution is -2.40. The van der Waals surface area contributed by atoms with Crippen LogP contribution in [0, 0.1) is 12.8 Å². The lowest BCUT2D eigenvalue weighted by atomic mass is 9.85. The highest BCUT2D eigenvalue weighted by Crippen LogP contribution is 2.31. The quantitative estimate of drug-likeness (QED) is 0.317. The van der Waals surface area contributed by atoms with E-state index in [-0.39, 0.29) is 18.5 Å². The van der Waals surface area contributed by atoms with Gasteiger partial charge in [0.15, 0.2) is 0 Å².